The summed E-state index contributed by atoms with van der Waals surface area (Å²) in [6, 6.07) is 12.5. The molecule has 0 spiro atoms. The number of nitrogens with zero attached hydrogens (tertiary/aromatic N) is 2. The van der Waals surface area contributed by atoms with Gasteiger partial charge >= 0.3 is 0 Å². The fourth-order valence-electron chi connectivity index (χ4n) is 2.60. The van der Waals surface area contributed by atoms with Crippen LogP contribution in [0.1, 0.15) is 19.4 Å². The molecule has 146 valence electrons. The van der Waals surface area contributed by atoms with Gasteiger partial charge in [-0.3, -0.25) is 4.79 Å². The number of aryl methyl sites for hydroxylation is 1. The minimum Gasteiger partial charge on any atom is -0.388 e. The third-order valence-electron chi connectivity index (χ3n) is 4.13. The first-order valence-electron chi connectivity index (χ1n) is 8.09. The third-order valence-corrected chi connectivity index (χ3v) is 4.13. The summed E-state index contributed by atoms with van der Waals surface area (Å²) in [5.41, 5.74) is 8.07. The Bertz CT molecular complexity index is 937. The molecule has 0 unspecified atom stereocenters. The highest BCUT2D eigenvalue weighted by atomic mass is 35.5. The number of nitrogens with one attached hydrogen (secondary N) is 1. The summed E-state index contributed by atoms with van der Waals surface area (Å²) in [4.78, 5) is 12.2. The minimum absolute atomic E-state index is 0. The maximum atomic E-state index is 12.2. The molecule has 0 aliphatic rings. The van der Waals surface area contributed by atoms with Crippen molar-refractivity contribution in [3.8, 4) is 5.69 Å². The Hall–Kier alpha value is -2.06. The van der Waals surface area contributed by atoms with E-state index in [0.29, 0.717) is 5.69 Å². The highest BCUT2D eigenvalue weighted by Crippen LogP contribution is 2.23. The van der Waals surface area contributed by atoms with E-state index >= 15 is 0 Å². The largest absolute Gasteiger partial charge is 0.388 e. The van der Waals surface area contributed by atoms with Crippen LogP contribution in [-0.2, 0) is 4.79 Å². The molecule has 6 nitrogen and oxygen atoms in total. The van der Waals surface area contributed by atoms with Crippen LogP contribution < -0.4 is 11.1 Å². The zero-order chi connectivity index (χ0) is 18.2. The first-order valence-corrected chi connectivity index (χ1v) is 8.09. The second-order valence-electron chi connectivity index (χ2n) is 6.79. The average Bonchev–Trinajstić information content (AvgIpc) is 2.96. The maximum absolute atomic E-state index is 12.2. The molecule has 4 N–H and O–H groups in total. The Morgan fingerprint density at radius 2 is 1.96 bits per heavy atom. The van der Waals surface area contributed by atoms with E-state index < -0.39 is 17.6 Å². The molecular weight excluding hydrogens is 384 g/mol. The normalized spacial score (nSPS) is 12.0. The lowest BCUT2D eigenvalue weighted by Crippen LogP contribution is -2.51. The number of rotatable bonds is 4. The zero-order valence-electron chi connectivity index (χ0n) is 15.4. The Balaban J connectivity index is 0.00000182. The molecule has 0 bridgehead atoms. The van der Waals surface area contributed by atoms with Gasteiger partial charge in [-0.1, -0.05) is 12.1 Å². The molecule has 2 aromatic carbocycles. The molecule has 0 saturated heterocycles. The number of aromatic nitrogens is 2. The van der Waals surface area contributed by atoms with Crippen LogP contribution in [0.15, 0.2) is 48.7 Å². The number of amides is 1. The number of benzene rings is 2. The first kappa shape index (κ1) is 23.0. The fraction of sp³-hybridized carbons (Fsp3) is 0.263. The topological polar surface area (TPSA) is 93.2 Å². The summed E-state index contributed by atoms with van der Waals surface area (Å²) < 4.78 is 1.83. The standard InChI is InChI=1S/C19H22N4O2.ClH.H2S/c1-12-5-4-6-15(9-12)23-16-10-14(8-7-13(16)11-21-23)22-18(24)17(20)19(2,3)25;;/h4-11,17,25H,20H2,1-3H3,(H,22,24);1H;1H2/t17-;;/m1../s1. The molecule has 27 heavy (non-hydrogen) atoms. The van der Waals surface area contributed by atoms with Crippen LogP contribution in [0.2, 0.25) is 0 Å². The van der Waals surface area contributed by atoms with Gasteiger partial charge in [0.25, 0.3) is 0 Å². The lowest BCUT2D eigenvalue weighted by Gasteiger charge is -2.24. The summed E-state index contributed by atoms with van der Waals surface area (Å²) in [6.07, 6.45) is 1.78. The molecule has 0 aliphatic carbocycles. The van der Waals surface area contributed by atoms with Crippen molar-refractivity contribution in [2.45, 2.75) is 32.4 Å². The van der Waals surface area contributed by atoms with Crippen LogP contribution in [-0.4, -0.2) is 32.4 Å². The lowest BCUT2D eigenvalue weighted by atomic mass is 9.99. The summed E-state index contributed by atoms with van der Waals surface area (Å²) in [7, 11) is 0. The van der Waals surface area contributed by atoms with Crippen LogP contribution >= 0.6 is 25.9 Å². The van der Waals surface area contributed by atoms with Crippen molar-refractivity contribution >= 4 is 48.4 Å². The lowest BCUT2D eigenvalue weighted by molar-refractivity contribution is -0.122. The van der Waals surface area contributed by atoms with Crippen LogP contribution in [0.4, 0.5) is 5.69 Å². The fourth-order valence-corrected chi connectivity index (χ4v) is 2.60. The number of carbonyl (C=O) groups is 1. The van der Waals surface area contributed by atoms with E-state index in [0.717, 1.165) is 22.2 Å². The molecule has 0 fully saturated rings. The second-order valence-corrected chi connectivity index (χ2v) is 6.79. The molecule has 1 heterocycles. The van der Waals surface area contributed by atoms with Gasteiger partial charge in [0.15, 0.2) is 0 Å². The molecule has 1 amide bonds. The van der Waals surface area contributed by atoms with Crippen molar-refractivity contribution in [1.29, 1.82) is 0 Å². The molecule has 8 heteroatoms. The van der Waals surface area contributed by atoms with Gasteiger partial charge in [-0.2, -0.15) is 18.6 Å². The van der Waals surface area contributed by atoms with Crippen LogP contribution in [0, 0.1) is 6.92 Å². The molecule has 0 saturated carbocycles. The van der Waals surface area contributed by atoms with E-state index in [1.165, 1.54) is 13.8 Å². The predicted molar refractivity (Wildman–Crippen MR) is 116 cm³/mol. The van der Waals surface area contributed by atoms with Crippen molar-refractivity contribution < 1.29 is 9.90 Å². The predicted octanol–water partition coefficient (Wildman–Crippen LogP) is 2.91. The van der Waals surface area contributed by atoms with Crippen molar-refractivity contribution in [2.24, 2.45) is 5.73 Å². The van der Waals surface area contributed by atoms with E-state index in [9.17, 15) is 9.90 Å². The number of fused-ring (bicyclic) bond motifs is 1. The number of halogens is 1. The minimum atomic E-state index is -1.29. The van der Waals surface area contributed by atoms with Crippen LogP contribution in [0.25, 0.3) is 16.6 Å². The summed E-state index contributed by atoms with van der Waals surface area (Å²) in [5, 5.41) is 18.1. The molecule has 1 atom stereocenters. The van der Waals surface area contributed by atoms with Gasteiger partial charge in [-0.25, -0.2) is 4.68 Å². The number of aliphatic hydroxyl groups is 1. The zero-order valence-corrected chi connectivity index (χ0v) is 17.2. The average molecular weight is 409 g/mol. The number of hydrogen-bond donors (Lipinski definition) is 3. The molecular formula is C19H25ClN4O2S. The number of hydrogen-bond acceptors (Lipinski definition) is 4. The molecule has 0 aliphatic heterocycles. The summed E-state index contributed by atoms with van der Waals surface area (Å²) >= 11 is 0. The Labute approximate surface area is 171 Å². The number of anilines is 1. The summed E-state index contributed by atoms with van der Waals surface area (Å²) in [6.45, 7) is 5.04. The monoisotopic (exact) mass is 408 g/mol. The van der Waals surface area contributed by atoms with Gasteiger partial charge in [0.05, 0.1) is 23.0 Å². The van der Waals surface area contributed by atoms with Crippen molar-refractivity contribution in [2.75, 3.05) is 5.32 Å². The second kappa shape index (κ2) is 8.75. The van der Waals surface area contributed by atoms with E-state index in [1.807, 2.05) is 48.0 Å². The Morgan fingerprint density at radius 1 is 1.26 bits per heavy atom. The Kier molecular flexibility index (Phi) is 7.45. The molecule has 0 radical (unpaired) electrons. The maximum Gasteiger partial charge on any atom is 0.244 e. The van der Waals surface area contributed by atoms with Gasteiger partial charge in [-0.05, 0) is 56.7 Å². The van der Waals surface area contributed by atoms with Gasteiger partial charge < -0.3 is 16.2 Å². The van der Waals surface area contributed by atoms with E-state index in [4.69, 9.17) is 5.73 Å². The van der Waals surface area contributed by atoms with Gasteiger partial charge in [0, 0.05) is 11.1 Å². The smallest absolute Gasteiger partial charge is 0.244 e. The van der Waals surface area contributed by atoms with Crippen LogP contribution in [0.3, 0.4) is 0 Å². The van der Waals surface area contributed by atoms with Gasteiger partial charge in [0.2, 0.25) is 5.91 Å². The number of carbonyl (C=O) groups excluding carboxylic acids is 1. The van der Waals surface area contributed by atoms with E-state index in [1.54, 1.807) is 12.3 Å². The van der Waals surface area contributed by atoms with E-state index in [2.05, 4.69) is 10.4 Å². The highest BCUT2D eigenvalue weighted by Gasteiger charge is 2.29. The van der Waals surface area contributed by atoms with Crippen LogP contribution in [0.5, 0.6) is 0 Å². The molecule has 1 aromatic heterocycles. The third kappa shape index (κ3) is 5.01. The van der Waals surface area contributed by atoms with Gasteiger partial charge in [0.1, 0.15) is 6.04 Å². The summed E-state index contributed by atoms with van der Waals surface area (Å²) in [5.74, 6) is -0.437. The Morgan fingerprint density at radius 3 is 2.59 bits per heavy atom. The molecule has 3 aromatic rings. The van der Waals surface area contributed by atoms with Gasteiger partial charge in [-0.15, -0.1) is 12.4 Å². The van der Waals surface area contributed by atoms with Crippen molar-refractivity contribution in [3.63, 3.8) is 0 Å². The van der Waals surface area contributed by atoms with Crippen molar-refractivity contribution in [1.82, 2.24) is 9.78 Å². The van der Waals surface area contributed by atoms with E-state index in [-0.39, 0.29) is 25.9 Å². The quantitative estimate of drug-likeness (QED) is 0.618. The van der Waals surface area contributed by atoms with Crippen molar-refractivity contribution in [3.05, 3.63) is 54.2 Å². The molecule has 3 rings (SSSR count). The number of nitrogens with two attached hydrogens (primary N) is 1. The highest BCUT2D eigenvalue weighted by molar-refractivity contribution is 7.59. The first-order chi connectivity index (χ1) is 11.8. The SMILES string of the molecule is Cc1cccc(-n2ncc3ccc(NC(=O)[C@@H](N)C(C)(C)O)cc32)c1.Cl.S.